The molecule has 5 nitrogen and oxygen atoms in total. The van der Waals surface area contributed by atoms with Crippen molar-refractivity contribution in [1.82, 2.24) is 4.90 Å². The number of anilines is 1. The molecule has 1 aromatic carbocycles. The summed E-state index contributed by atoms with van der Waals surface area (Å²) in [4.78, 5) is 14.5. The number of aliphatic hydroxyl groups is 2. The lowest BCUT2D eigenvalue weighted by molar-refractivity contribution is -0.0173. The Morgan fingerprint density at radius 1 is 1.00 bits per heavy atom. The van der Waals surface area contributed by atoms with Crippen molar-refractivity contribution in [2.24, 2.45) is 0 Å². The Morgan fingerprint density at radius 3 is 1.96 bits per heavy atom. The first kappa shape index (κ1) is 18.2. The number of amides is 2. The Balaban J connectivity index is 1.74. The minimum atomic E-state index is -0.821. The maximum atomic E-state index is 12.9. The molecule has 2 amide bonds. The molecular formula is C20H30N2O3. The minimum Gasteiger partial charge on any atom is -0.388 e. The Morgan fingerprint density at radius 2 is 1.48 bits per heavy atom. The summed E-state index contributed by atoms with van der Waals surface area (Å²) in [5.74, 6) is 0. The average molecular weight is 346 g/mol. The summed E-state index contributed by atoms with van der Waals surface area (Å²) in [6.07, 6.45) is 6.86. The van der Waals surface area contributed by atoms with Crippen molar-refractivity contribution >= 4 is 11.7 Å². The van der Waals surface area contributed by atoms with Gasteiger partial charge in [-0.25, -0.2) is 4.79 Å². The largest absolute Gasteiger partial charge is 0.388 e. The Labute approximate surface area is 150 Å². The fourth-order valence-corrected chi connectivity index (χ4v) is 4.20. The van der Waals surface area contributed by atoms with E-state index in [4.69, 9.17) is 0 Å². The number of hydrogen-bond donors (Lipinski definition) is 3. The van der Waals surface area contributed by atoms with Gasteiger partial charge in [0.2, 0.25) is 0 Å². The highest BCUT2D eigenvalue weighted by Crippen LogP contribution is 2.34. The zero-order valence-electron chi connectivity index (χ0n) is 15.1. The second-order valence-corrected chi connectivity index (χ2v) is 7.96. The average Bonchev–Trinajstić information content (AvgIpc) is 3.18. The fourth-order valence-electron chi connectivity index (χ4n) is 4.20. The molecule has 2 aliphatic carbocycles. The van der Waals surface area contributed by atoms with E-state index in [0.29, 0.717) is 0 Å². The molecule has 0 heterocycles. The van der Waals surface area contributed by atoms with Crippen molar-refractivity contribution in [2.75, 3.05) is 18.4 Å². The predicted octanol–water partition coefficient (Wildman–Crippen LogP) is 3.44. The summed E-state index contributed by atoms with van der Waals surface area (Å²) in [6, 6.07) is 7.41. The molecule has 138 valence electrons. The first-order valence-electron chi connectivity index (χ1n) is 9.46. The molecule has 25 heavy (non-hydrogen) atoms. The van der Waals surface area contributed by atoms with Crippen LogP contribution in [0.25, 0.3) is 0 Å². The predicted molar refractivity (Wildman–Crippen MR) is 98.6 cm³/mol. The zero-order chi connectivity index (χ0) is 17.9. The lowest BCUT2D eigenvalue weighted by Gasteiger charge is -2.36. The molecule has 1 aromatic rings. The SMILES string of the molecule is Cc1ccccc1NC(=O)N(CC1(O)CCCC1)CC1(O)CCCC1. The molecular weight excluding hydrogens is 316 g/mol. The molecule has 3 N–H and O–H groups in total. The van der Waals surface area contributed by atoms with Crippen molar-refractivity contribution in [1.29, 1.82) is 0 Å². The summed E-state index contributed by atoms with van der Waals surface area (Å²) >= 11 is 0. The van der Waals surface area contributed by atoms with Crippen LogP contribution in [0, 0.1) is 6.92 Å². The quantitative estimate of drug-likeness (QED) is 0.765. The van der Waals surface area contributed by atoms with Gasteiger partial charge in [-0.2, -0.15) is 0 Å². The maximum Gasteiger partial charge on any atom is 0.322 e. The third kappa shape index (κ3) is 4.53. The molecule has 5 heteroatoms. The smallest absolute Gasteiger partial charge is 0.322 e. The van der Waals surface area contributed by atoms with Gasteiger partial charge < -0.3 is 20.4 Å². The third-order valence-electron chi connectivity index (χ3n) is 5.71. The third-order valence-corrected chi connectivity index (χ3v) is 5.71. The Kier molecular flexibility index (Phi) is 5.35. The molecule has 0 unspecified atom stereocenters. The van der Waals surface area contributed by atoms with Gasteiger partial charge in [0.25, 0.3) is 0 Å². The highest BCUT2D eigenvalue weighted by Gasteiger charge is 2.39. The number of urea groups is 1. The molecule has 0 saturated heterocycles. The number of carbonyl (C=O) groups excluding carboxylic acids is 1. The Hall–Kier alpha value is -1.59. The van der Waals surface area contributed by atoms with Gasteiger partial charge in [-0.15, -0.1) is 0 Å². The van der Waals surface area contributed by atoms with E-state index in [1.54, 1.807) is 4.90 Å². The van der Waals surface area contributed by atoms with Crippen LogP contribution >= 0.6 is 0 Å². The van der Waals surface area contributed by atoms with Gasteiger partial charge >= 0.3 is 6.03 Å². The van der Waals surface area contributed by atoms with Crippen molar-refractivity contribution in [3.63, 3.8) is 0 Å². The first-order valence-corrected chi connectivity index (χ1v) is 9.46. The molecule has 0 radical (unpaired) electrons. The number of rotatable bonds is 5. The van der Waals surface area contributed by atoms with Gasteiger partial charge in [-0.05, 0) is 44.2 Å². The van der Waals surface area contributed by atoms with Crippen LogP contribution in [-0.2, 0) is 0 Å². The number of carbonyl (C=O) groups is 1. The number of hydrogen-bond acceptors (Lipinski definition) is 3. The van der Waals surface area contributed by atoms with Crippen molar-refractivity contribution in [3.05, 3.63) is 29.8 Å². The van der Waals surface area contributed by atoms with Gasteiger partial charge in [0.1, 0.15) is 0 Å². The molecule has 2 aliphatic rings. The molecule has 0 aliphatic heterocycles. The van der Waals surface area contributed by atoms with Crippen LogP contribution in [0.5, 0.6) is 0 Å². The minimum absolute atomic E-state index is 0.241. The molecule has 3 rings (SSSR count). The van der Waals surface area contributed by atoms with Gasteiger partial charge in [0.15, 0.2) is 0 Å². The summed E-state index contributed by atoms with van der Waals surface area (Å²) in [6.45, 7) is 2.52. The number of benzene rings is 1. The van der Waals surface area contributed by atoms with Crippen LogP contribution in [0.3, 0.4) is 0 Å². The maximum absolute atomic E-state index is 12.9. The number of nitrogens with zero attached hydrogens (tertiary/aromatic N) is 1. The van der Waals surface area contributed by atoms with Crippen molar-refractivity contribution in [2.45, 2.75) is 69.5 Å². The van der Waals surface area contributed by atoms with Crippen LogP contribution in [0.2, 0.25) is 0 Å². The van der Waals surface area contributed by atoms with Crippen molar-refractivity contribution in [3.8, 4) is 0 Å². The molecule has 2 fully saturated rings. The van der Waals surface area contributed by atoms with E-state index in [1.165, 1.54) is 0 Å². The van der Waals surface area contributed by atoms with E-state index in [2.05, 4.69) is 5.32 Å². The van der Waals surface area contributed by atoms with Gasteiger partial charge in [0.05, 0.1) is 24.3 Å². The van der Waals surface area contributed by atoms with Gasteiger partial charge in [-0.3, -0.25) is 0 Å². The molecule has 0 aromatic heterocycles. The first-order chi connectivity index (χ1) is 11.9. The summed E-state index contributed by atoms with van der Waals surface area (Å²) in [5.41, 5.74) is 0.125. The van der Waals surface area contributed by atoms with E-state index in [9.17, 15) is 15.0 Å². The fraction of sp³-hybridized carbons (Fsp3) is 0.650. The lowest BCUT2D eigenvalue weighted by Crippen LogP contribution is -2.51. The topological polar surface area (TPSA) is 72.8 Å². The molecule has 0 atom stereocenters. The van der Waals surface area contributed by atoms with Crippen LogP contribution in [0.1, 0.15) is 56.9 Å². The summed E-state index contributed by atoms with van der Waals surface area (Å²) in [5, 5.41) is 24.5. The number of para-hydroxylation sites is 1. The van der Waals surface area contributed by atoms with Crippen LogP contribution < -0.4 is 5.32 Å². The molecule has 0 spiro atoms. The normalized spacial score (nSPS) is 21.2. The van der Waals surface area contributed by atoms with E-state index in [1.807, 2.05) is 31.2 Å². The molecule has 2 saturated carbocycles. The monoisotopic (exact) mass is 346 g/mol. The highest BCUT2D eigenvalue weighted by molar-refractivity contribution is 5.90. The zero-order valence-corrected chi connectivity index (χ0v) is 15.1. The van der Waals surface area contributed by atoms with Crippen molar-refractivity contribution < 1.29 is 15.0 Å². The Bertz CT molecular complexity index is 581. The van der Waals surface area contributed by atoms with Gasteiger partial charge in [0, 0.05) is 5.69 Å². The van der Waals surface area contributed by atoms with E-state index < -0.39 is 11.2 Å². The van der Waals surface area contributed by atoms with Crippen LogP contribution in [-0.4, -0.2) is 45.4 Å². The van der Waals surface area contributed by atoms with E-state index in [-0.39, 0.29) is 19.1 Å². The summed E-state index contributed by atoms with van der Waals surface area (Å²) < 4.78 is 0. The highest BCUT2D eigenvalue weighted by atomic mass is 16.3. The van der Waals surface area contributed by atoms with Crippen LogP contribution in [0.15, 0.2) is 24.3 Å². The number of nitrogens with one attached hydrogen (secondary N) is 1. The van der Waals surface area contributed by atoms with Crippen LogP contribution in [0.4, 0.5) is 10.5 Å². The molecule has 0 bridgehead atoms. The lowest BCUT2D eigenvalue weighted by atomic mass is 9.98. The number of aryl methyl sites for hydroxylation is 1. The summed E-state index contributed by atoms with van der Waals surface area (Å²) in [7, 11) is 0. The second-order valence-electron chi connectivity index (χ2n) is 7.96. The standard InChI is InChI=1S/C20H30N2O3/c1-16-8-2-3-9-17(16)21-18(23)22(14-19(24)10-4-5-11-19)15-20(25)12-6-7-13-20/h2-3,8-9,24-25H,4-7,10-15H2,1H3,(H,21,23). The van der Waals surface area contributed by atoms with Gasteiger partial charge in [-0.1, -0.05) is 43.9 Å². The van der Waals surface area contributed by atoms with E-state index in [0.717, 1.165) is 62.6 Å². The van der Waals surface area contributed by atoms with E-state index >= 15 is 0 Å². The second kappa shape index (κ2) is 7.34.